The van der Waals surface area contributed by atoms with E-state index in [2.05, 4.69) is 9.64 Å². The first-order chi connectivity index (χ1) is 14.8. The molecule has 1 aliphatic rings. The number of carbonyl (C=O) groups excluding carboxylic acids is 1. The van der Waals surface area contributed by atoms with Crippen molar-refractivity contribution in [2.45, 2.75) is 39.3 Å². The van der Waals surface area contributed by atoms with Crippen LogP contribution in [-0.4, -0.2) is 81.0 Å². The fraction of sp³-hybridized carbons (Fsp3) is 0.682. The standard InChI is InChI=1S/C22H33F3N2O4/c1-3-13-30-19-7-6-18(16-20(19)31-14-4-2)21(28)27-11-9-26(10-12-27)8-5-15-29-17-22(23,24)25/h6-7,16H,3-5,8-15,17H2,1-2H3. The van der Waals surface area contributed by atoms with Gasteiger partial charge < -0.3 is 19.1 Å². The summed E-state index contributed by atoms with van der Waals surface area (Å²) < 4.78 is 52.4. The van der Waals surface area contributed by atoms with Crippen molar-refractivity contribution in [2.24, 2.45) is 0 Å². The Labute approximate surface area is 182 Å². The van der Waals surface area contributed by atoms with Crippen LogP contribution in [0.25, 0.3) is 0 Å². The molecule has 0 saturated carbocycles. The van der Waals surface area contributed by atoms with Crippen molar-refractivity contribution in [3.05, 3.63) is 23.8 Å². The number of amides is 1. The molecule has 0 atom stereocenters. The molecule has 0 bridgehead atoms. The van der Waals surface area contributed by atoms with Gasteiger partial charge in [-0.15, -0.1) is 0 Å². The summed E-state index contributed by atoms with van der Waals surface area (Å²) in [7, 11) is 0. The van der Waals surface area contributed by atoms with Gasteiger partial charge in [-0.2, -0.15) is 13.2 Å². The van der Waals surface area contributed by atoms with Crippen LogP contribution in [0.15, 0.2) is 18.2 Å². The minimum absolute atomic E-state index is 0.0587. The van der Waals surface area contributed by atoms with Gasteiger partial charge in [-0.25, -0.2) is 0 Å². The lowest BCUT2D eigenvalue weighted by Crippen LogP contribution is -2.49. The third-order valence-electron chi connectivity index (χ3n) is 4.80. The van der Waals surface area contributed by atoms with Gasteiger partial charge >= 0.3 is 6.18 Å². The number of nitrogens with zero attached hydrogens (tertiary/aromatic N) is 2. The van der Waals surface area contributed by atoms with Gasteiger partial charge in [0.25, 0.3) is 5.91 Å². The molecule has 0 N–H and O–H groups in total. The number of carbonyl (C=O) groups is 1. The van der Waals surface area contributed by atoms with Crippen molar-refractivity contribution in [1.82, 2.24) is 9.80 Å². The number of hydrogen-bond donors (Lipinski definition) is 0. The Bertz CT molecular complexity index is 677. The average molecular weight is 447 g/mol. The average Bonchev–Trinajstić information content (AvgIpc) is 2.75. The predicted octanol–water partition coefficient (Wildman–Crippen LogP) is 3.99. The molecule has 31 heavy (non-hydrogen) atoms. The molecule has 1 aromatic rings. The van der Waals surface area contributed by atoms with E-state index in [0.717, 1.165) is 12.8 Å². The summed E-state index contributed by atoms with van der Waals surface area (Å²) in [5.74, 6) is 1.17. The van der Waals surface area contributed by atoms with E-state index in [1.807, 2.05) is 13.8 Å². The number of hydrogen-bond acceptors (Lipinski definition) is 5. The van der Waals surface area contributed by atoms with Crippen molar-refractivity contribution in [1.29, 1.82) is 0 Å². The molecule has 1 heterocycles. The lowest BCUT2D eigenvalue weighted by molar-refractivity contribution is -0.174. The van der Waals surface area contributed by atoms with Crippen molar-refractivity contribution < 1.29 is 32.2 Å². The van der Waals surface area contributed by atoms with E-state index in [4.69, 9.17) is 9.47 Å². The van der Waals surface area contributed by atoms with Gasteiger partial charge in [0.05, 0.1) is 13.2 Å². The van der Waals surface area contributed by atoms with Crippen molar-refractivity contribution in [3.8, 4) is 11.5 Å². The molecule has 0 unspecified atom stereocenters. The highest BCUT2D eigenvalue weighted by Gasteiger charge is 2.27. The molecule has 0 aliphatic carbocycles. The second kappa shape index (κ2) is 12.8. The number of ether oxygens (including phenoxy) is 3. The first-order valence-electron chi connectivity index (χ1n) is 10.9. The lowest BCUT2D eigenvalue weighted by atomic mass is 10.1. The molecule has 1 aromatic carbocycles. The highest BCUT2D eigenvalue weighted by Crippen LogP contribution is 2.29. The Morgan fingerprint density at radius 2 is 1.61 bits per heavy atom. The summed E-state index contributed by atoms with van der Waals surface area (Å²) in [4.78, 5) is 16.9. The van der Waals surface area contributed by atoms with Crippen LogP contribution in [0.4, 0.5) is 13.2 Å². The maximum atomic E-state index is 12.9. The lowest BCUT2D eigenvalue weighted by Gasteiger charge is -2.34. The molecule has 176 valence electrons. The van der Waals surface area contributed by atoms with Gasteiger partial charge in [-0.1, -0.05) is 13.8 Å². The Morgan fingerprint density at radius 3 is 2.23 bits per heavy atom. The summed E-state index contributed by atoms with van der Waals surface area (Å²) in [5.41, 5.74) is 0.559. The smallest absolute Gasteiger partial charge is 0.411 e. The van der Waals surface area contributed by atoms with Crippen molar-refractivity contribution in [2.75, 3.05) is 59.2 Å². The van der Waals surface area contributed by atoms with E-state index in [1.165, 1.54) is 0 Å². The van der Waals surface area contributed by atoms with E-state index >= 15 is 0 Å². The highest BCUT2D eigenvalue weighted by molar-refractivity contribution is 5.95. The molecule has 9 heteroatoms. The molecule has 1 amide bonds. The normalized spacial score (nSPS) is 15.2. The van der Waals surface area contributed by atoms with E-state index in [-0.39, 0.29) is 12.5 Å². The van der Waals surface area contributed by atoms with Crippen LogP contribution in [0.3, 0.4) is 0 Å². The van der Waals surface area contributed by atoms with Gasteiger partial charge in [0.15, 0.2) is 11.5 Å². The molecule has 0 radical (unpaired) electrons. The quantitative estimate of drug-likeness (QED) is 0.455. The van der Waals surface area contributed by atoms with Crippen LogP contribution in [0.1, 0.15) is 43.5 Å². The molecule has 2 rings (SSSR count). The van der Waals surface area contributed by atoms with Crippen LogP contribution >= 0.6 is 0 Å². The first-order valence-corrected chi connectivity index (χ1v) is 10.9. The fourth-order valence-electron chi connectivity index (χ4n) is 3.23. The van der Waals surface area contributed by atoms with E-state index in [9.17, 15) is 18.0 Å². The minimum Gasteiger partial charge on any atom is -0.490 e. The van der Waals surface area contributed by atoms with Crippen LogP contribution < -0.4 is 9.47 Å². The molecule has 1 saturated heterocycles. The largest absolute Gasteiger partial charge is 0.490 e. The maximum Gasteiger partial charge on any atom is 0.411 e. The zero-order valence-electron chi connectivity index (χ0n) is 18.4. The van der Waals surface area contributed by atoms with Crippen molar-refractivity contribution >= 4 is 5.91 Å². The number of alkyl halides is 3. The number of rotatable bonds is 12. The second-order valence-electron chi connectivity index (χ2n) is 7.51. The molecule has 0 spiro atoms. The Kier molecular flexibility index (Phi) is 10.4. The Hall–Kier alpha value is -2.00. The minimum atomic E-state index is -4.28. The maximum absolute atomic E-state index is 12.9. The summed E-state index contributed by atoms with van der Waals surface area (Å²) in [6, 6.07) is 5.29. The zero-order valence-corrected chi connectivity index (χ0v) is 18.4. The van der Waals surface area contributed by atoms with Crippen LogP contribution in [0.2, 0.25) is 0 Å². The third-order valence-corrected chi connectivity index (χ3v) is 4.80. The van der Waals surface area contributed by atoms with E-state index < -0.39 is 12.8 Å². The third kappa shape index (κ3) is 8.95. The number of piperazine rings is 1. The van der Waals surface area contributed by atoms with Crippen molar-refractivity contribution in [3.63, 3.8) is 0 Å². The Morgan fingerprint density at radius 1 is 0.968 bits per heavy atom. The molecular weight excluding hydrogens is 413 g/mol. The molecule has 1 aliphatic heterocycles. The van der Waals surface area contributed by atoms with E-state index in [1.54, 1.807) is 23.1 Å². The number of benzene rings is 1. The van der Waals surface area contributed by atoms with Crippen LogP contribution in [0, 0.1) is 0 Å². The fourth-order valence-corrected chi connectivity index (χ4v) is 3.23. The number of halogens is 3. The van der Waals surface area contributed by atoms with Gasteiger partial charge in [0.2, 0.25) is 0 Å². The molecular formula is C22H33F3N2O4. The second-order valence-corrected chi connectivity index (χ2v) is 7.51. The molecule has 1 fully saturated rings. The summed E-state index contributed by atoms with van der Waals surface area (Å²) in [6.45, 7) is 7.20. The van der Waals surface area contributed by atoms with Gasteiger partial charge in [0.1, 0.15) is 6.61 Å². The molecule has 0 aromatic heterocycles. The topological polar surface area (TPSA) is 51.2 Å². The highest BCUT2D eigenvalue weighted by atomic mass is 19.4. The zero-order chi connectivity index (χ0) is 22.7. The SMILES string of the molecule is CCCOc1ccc(C(=O)N2CCN(CCCOCC(F)(F)F)CC2)cc1OCCC. The van der Waals surface area contributed by atoms with Crippen LogP contribution in [-0.2, 0) is 4.74 Å². The van der Waals surface area contributed by atoms with Crippen LogP contribution in [0.5, 0.6) is 11.5 Å². The summed E-state index contributed by atoms with van der Waals surface area (Å²) >= 11 is 0. The Balaban J connectivity index is 1.83. The molecule has 6 nitrogen and oxygen atoms in total. The monoisotopic (exact) mass is 446 g/mol. The van der Waals surface area contributed by atoms with E-state index in [0.29, 0.717) is 69.4 Å². The van der Waals surface area contributed by atoms with Gasteiger partial charge in [-0.3, -0.25) is 9.69 Å². The van der Waals surface area contributed by atoms with Gasteiger partial charge in [0, 0.05) is 44.9 Å². The summed E-state index contributed by atoms with van der Waals surface area (Å²) in [5, 5.41) is 0. The van der Waals surface area contributed by atoms with Gasteiger partial charge in [-0.05, 0) is 37.5 Å². The first kappa shape index (κ1) is 25.3. The summed E-state index contributed by atoms with van der Waals surface area (Å²) in [6.07, 6.45) is -2.02. The predicted molar refractivity (Wildman–Crippen MR) is 112 cm³/mol.